The van der Waals surface area contributed by atoms with Gasteiger partial charge < -0.3 is 14.8 Å². The normalized spacial score (nSPS) is 18.4. The van der Waals surface area contributed by atoms with Crippen LogP contribution in [0.4, 0.5) is 0 Å². The number of nitrogens with zero attached hydrogens (tertiary/aromatic N) is 1. The van der Waals surface area contributed by atoms with Gasteiger partial charge in [-0.25, -0.2) is 4.99 Å². The van der Waals surface area contributed by atoms with E-state index in [0.29, 0.717) is 11.5 Å². The molecule has 3 aromatic carbocycles. The molecule has 0 saturated heterocycles. The molecular formula is C23H20N2O3. The Morgan fingerprint density at radius 1 is 0.857 bits per heavy atom. The largest absolute Gasteiger partial charge is 0.457 e. The summed E-state index contributed by atoms with van der Waals surface area (Å²) in [6, 6.07) is 26.8. The molecule has 0 spiro atoms. The summed E-state index contributed by atoms with van der Waals surface area (Å²) in [6.45, 7) is 0. The van der Waals surface area contributed by atoms with Gasteiger partial charge in [0.15, 0.2) is 6.23 Å². The molecule has 0 saturated carbocycles. The molecule has 140 valence electrons. The van der Waals surface area contributed by atoms with Gasteiger partial charge in [0.25, 0.3) is 5.91 Å². The van der Waals surface area contributed by atoms with Crippen molar-refractivity contribution in [3.05, 3.63) is 96.1 Å². The summed E-state index contributed by atoms with van der Waals surface area (Å²) in [6.07, 6.45) is -1.03. The molecule has 0 aliphatic carbocycles. The van der Waals surface area contributed by atoms with Crippen LogP contribution in [0.15, 0.2) is 89.9 Å². The molecule has 2 atom stereocenters. The van der Waals surface area contributed by atoms with E-state index in [1.54, 1.807) is 7.05 Å². The molecule has 1 heterocycles. The maximum Gasteiger partial charge on any atom is 0.268 e. The molecular weight excluding hydrogens is 352 g/mol. The second kappa shape index (κ2) is 8.06. The van der Waals surface area contributed by atoms with Crippen molar-refractivity contribution in [3.63, 3.8) is 0 Å². The maximum atomic E-state index is 12.3. The van der Waals surface area contributed by atoms with Crippen LogP contribution in [0.3, 0.4) is 0 Å². The van der Waals surface area contributed by atoms with Crippen LogP contribution in [0, 0.1) is 0 Å². The van der Waals surface area contributed by atoms with Gasteiger partial charge >= 0.3 is 0 Å². The van der Waals surface area contributed by atoms with Crippen LogP contribution >= 0.6 is 0 Å². The third-order valence-electron chi connectivity index (χ3n) is 4.48. The Bertz CT molecular complexity index is 970. The number of carbonyl (C=O) groups is 1. The minimum atomic E-state index is -0.532. The maximum absolute atomic E-state index is 12.3. The molecule has 0 unspecified atom stereocenters. The highest BCUT2D eigenvalue weighted by Crippen LogP contribution is 2.36. The van der Waals surface area contributed by atoms with Gasteiger partial charge in [-0.05, 0) is 29.8 Å². The Labute approximate surface area is 163 Å². The van der Waals surface area contributed by atoms with Crippen LogP contribution in [0.25, 0.3) is 0 Å². The first-order valence-electron chi connectivity index (χ1n) is 9.07. The number of ether oxygens (including phenoxy) is 2. The van der Waals surface area contributed by atoms with E-state index in [0.717, 1.165) is 16.9 Å². The summed E-state index contributed by atoms with van der Waals surface area (Å²) in [5.74, 6) is 1.24. The zero-order chi connectivity index (χ0) is 19.3. The average Bonchev–Trinajstić information content (AvgIpc) is 3.21. The molecule has 5 heteroatoms. The van der Waals surface area contributed by atoms with Crippen LogP contribution in [-0.2, 0) is 9.53 Å². The summed E-state index contributed by atoms with van der Waals surface area (Å²) in [7, 11) is 1.59. The Hall–Kier alpha value is -3.44. The van der Waals surface area contributed by atoms with Gasteiger partial charge in [-0.1, -0.05) is 60.7 Å². The average molecular weight is 372 g/mol. The molecule has 0 bridgehead atoms. The fourth-order valence-corrected chi connectivity index (χ4v) is 3.07. The molecule has 0 fully saturated rings. The Balaban J connectivity index is 1.57. The first kappa shape index (κ1) is 17.9. The lowest BCUT2D eigenvalue weighted by Gasteiger charge is -2.15. The van der Waals surface area contributed by atoms with Crippen LogP contribution < -0.4 is 10.1 Å². The standard InChI is InChI=1S/C23H20N2O3/c1-24-22(26)20-21(28-23(25-20)17-8-4-2-5-9-17)16-12-14-19(15-13-16)27-18-10-6-3-7-11-18/h2-15,21,23H,1H3,(H,24,26)/t21-,23-/m1/s1. The van der Waals surface area contributed by atoms with E-state index in [4.69, 9.17) is 9.47 Å². The topological polar surface area (TPSA) is 59.9 Å². The van der Waals surface area contributed by atoms with Gasteiger partial charge in [-0.2, -0.15) is 0 Å². The number of hydrogen-bond donors (Lipinski definition) is 1. The second-order valence-corrected chi connectivity index (χ2v) is 6.36. The predicted molar refractivity (Wildman–Crippen MR) is 107 cm³/mol. The van der Waals surface area contributed by atoms with E-state index in [2.05, 4.69) is 10.3 Å². The van der Waals surface area contributed by atoms with Crippen molar-refractivity contribution in [2.45, 2.75) is 12.3 Å². The lowest BCUT2D eigenvalue weighted by molar-refractivity contribution is -0.114. The van der Waals surface area contributed by atoms with Crippen molar-refractivity contribution >= 4 is 11.6 Å². The number of carbonyl (C=O) groups excluding carboxylic acids is 1. The summed E-state index contributed by atoms with van der Waals surface area (Å²) < 4.78 is 12.0. The summed E-state index contributed by atoms with van der Waals surface area (Å²) in [4.78, 5) is 16.9. The molecule has 1 N–H and O–H groups in total. The quantitative estimate of drug-likeness (QED) is 0.720. The zero-order valence-electron chi connectivity index (χ0n) is 15.4. The zero-order valence-corrected chi connectivity index (χ0v) is 15.4. The van der Waals surface area contributed by atoms with E-state index < -0.39 is 12.3 Å². The highest BCUT2D eigenvalue weighted by Gasteiger charge is 2.34. The number of aliphatic imine (C=N–C) groups is 1. The summed E-state index contributed by atoms with van der Waals surface area (Å²) >= 11 is 0. The Morgan fingerprint density at radius 2 is 1.46 bits per heavy atom. The third kappa shape index (κ3) is 3.80. The minimum Gasteiger partial charge on any atom is -0.457 e. The molecule has 3 aromatic rings. The van der Waals surface area contributed by atoms with Crippen molar-refractivity contribution in [2.75, 3.05) is 7.05 Å². The van der Waals surface area contributed by atoms with Crippen molar-refractivity contribution in [2.24, 2.45) is 4.99 Å². The van der Waals surface area contributed by atoms with Gasteiger partial charge in [0.1, 0.15) is 23.3 Å². The molecule has 28 heavy (non-hydrogen) atoms. The first-order chi connectivity index (χ1) is 13.7. The second-order valence-electron chi connectivity index (χ2n) is 6.36. The number of nitrogens with one attached hydrogen (secondary N) is 1. The fraction of sp³-hybridized carbons (Fsp3) is 0.130. The van der Waals surface area contributed by atoms with Gasteiger partial charge in [0.2, 0.25) is 0 Å². The third-order valence-corrected chi connectivity index (χ3v) is 4.48. The smallest absolute Gasteiger partial charge is 0.268 e. The monoisotopic (exact) mass is 372 g/mol. The lowest BCUT2D eigenvalue weighted by atomic mass is 10.0. The number of benzene rings is 3. The molecule has 1 aliphatic heterocycles. The SMILES string of the molecule is CNC(=O)C1=N[C@@H](c2ccccc2)O[C@@H]1c1ccc(Oc2ccccc2)cc1. The number of hydrogen-bond acceptors (Lipinski definition) is 4. The van der Waals surface area contributed by atoms with Gasteiger partial charge in [-0.15, -0.1) is 0 Å². The van der Waals surface area contributed by atoms with E-state index >= 15 is 0 Å². The number of rotatable bonds is 5. The Morgan fingerprint density at radius 3 is 2.11 bits per heavy atom. The minimum absolute atomic E-state index is 0.243. The van der Waals surface area contributed by atoms with Crippen LogP contribution in [0.2, 0.25) is 0 Å². The molecule has 0 radical (unpaired) electrons. The van der Waals surface area contributed by atoms with E-state index in [9.17, 15) is 4.79 Å². The summed E-state index contributed by atoms with van der Waals surface area (Å²) in [5, 5.41) is 2.65. The predicted octanol–water partition coefficient (Wildman–Crippen LogP) is 4.44. The number of amides is 1. The van der Waals surface area contributed by atoms with Gasteiger partial charge in [0, 0.05) is 12.6 Å². The van der Waals surface area contributed by atoms with E-state index in [-0.39, 0.29) is 5.91 Å². The van der Waals surface area contributed by atoms with Crippen molar-refractivity contribution in [1.82, 2.24) is 5.32 Å². The molecule has 4 rings (SSSR count). The Kier molecular flexibility index (Phi) is 5.17. The van der Waals surface area contributed by atoms with Crippen LogP contribution in [-0.4, -0.2) is 18.7 Å². The first-order valence-corrected chi connectivity index (χ1v) is 9.07. The number of para-hydroxylation sites is 1. The van der Waals surface area contributed by atoms with Crippen molar-refractivity contribution in [1.29, 1.82) is 0 Å². The summed E-state index contributed by atoms with van der Waals surface area (Å²) in [5.41, 5.74) is 2.13. The van der Waals surface area contributed by atoms with E-state index in [1.165, 1.54) is 0 Å². The molecule has 1 amide bonds. The molecule has 1 aliphatic rings. The van der Waals surface area contributed by atoms with Gasteiger partial charge in [0.05, 0.1) is 0 Å². The highest BCUT2D eigenvalue weighted by atomic mass is 16.5. The highest BCUT2D eigenvalue weighted by molar-refractivity contribution is 6.40. The van der Waals surface area contributed by atoms with Crippen LogP contribution in [0.1, 0.15) is 23.5 Å². The van der Waals surface area contributed by atoms with Gasteiger partial charge in [-0.3, -0.25) is 4.79 Å². The van der Waals surface area contributed by atoms with Crippen LogP contribution in [0.5, 0.6) is 11.5 Å². The van der Waals surface area contributed by atoms with Crippen molar-refractivity contribution in [3.8, 4) is 11.5 Å². The van der Waals surface area contributed by atoms with Crippen molar-refractivity contribution < 1.29 is 14.3 Å². The van der Waals surface area contributed by atoms with E-state index in [1.807, 2.05) is 84.9 Å². The molecule has 0 aromatic heterocycles. The lowest BCUT2D eigenvalue weighted by Crippen LogP contribution is -2.30. The fourth-order valence-electron chi connectivity index (χ4n) is 3.07. The molecule has 5 nitrogen and oxygen atoms in total.